The van der Waals surface area contributed by atoms with Crippen LogP contribution in [0.4, 0.5) is 0 Å². The standard InChI is InChI=1S/C25H18O/c1-2-10-19-17(6-1)14-22-20(19)11-5-13-23(22)26-24-15-18-9-3-7-16-8-4-12-21(24)25(16)18/h1-13,24H,14-15H2. The lowest BCUT2D eigenvalue weighted by Crippen LogP contribution is -2.07. The molecule has 1 heteroatoms. The summed E-state index contributed by atoms with van der Waals surface area (Å²) in [6.07, 6.45) is 2.02. The Hall–Kier alpha value is -3.06. The Morgan fingerprint density at radius 1 is 0.692 bits per heavy atom. The van der Waals surface area contributed by atoms with Gasteiger partial charge in [-0.15, -0.1) is 0 Å². The summed E-state index contributed by atoms with van der Waals surface area (Å²) in [6, 6.07) is 28.3. The average Bonchev–Trinajstić information content (AvgIpc) is 3.23. The fourth-order valence-corrected chi connectivity index (χ4v) is 4.69. The Bertz CT molecular complexity index is 1170. The zero-order valence-electron chi connectivity index (χ0n) is 14.4. The second-order valence-electron chi connectivity index (χ2n) is 7.29. The molecular formula is C25H18O. The molecule has 0 aliphatic heterocycles. The topological polar surface area (TPSA) is 9.23 Å². The van der Waals surface area contributed by atoms with Crippen molar-refractivity contribution in [3.05, 3.63) is 101 Å². The molecule has 26 heavy (non-hydrogen) atoms. The van der Waals surface area contributed by atoms with Crippen LogP contribution in [-0.2, 0) is 12.8 Å². The van der Waals surface area contributed by atoms with Gasteiger partial charge in [-0.05, 0) is 39.1 Å². The van der Waals surface area contributed by atoms with Crippen LogP contribution in [0.3, 0.4) is 0 Å². The molecule has 0 saturated heterocycles. The molecule has 124 valence electrons. The van der Waals surface area contributed by atoms with Crippen molar-refractivity contribution in [1.82, 2.24) is 0 Å². The highest BCUT2D eigenvalue weighted by Crippen LogP contribution is 2.44. The Morgan fingerprint density at radius 3 is 2.42 bits per heavy atom. The Kier molecular flexibility index (Phi) is 2.84. The second-order valence-corrected chi connectivity index (χ2v) is 7.29. The van der Waals surface area contributed by atoms with Crippen LogP contribution in [0.15, 0.2) is 78.9 Å². The van der Waals surface area contributed by atoms with Gasteiger partial charge >= 0.3 is 0 Å². The summed E-state index contributed by atoms with van der Waals surface area (Å²) in [5.74, 6) is 1.04. The molecule has 1 atom stereocenters. The highest BCUT2D eigenvalue weighted by Gasteiger charge is 2.28. The van der Waals surface area contributed by atoms with Gasteiger partial charge in [-0.1, -0.05) is 72.8 Å². The number of benzene rings is 4. The van der Waals surface area contributed by atoms with Gasteiger partial charge in [-0.25, -0.2) is 0 Å². The van der Waals surface area contributed by atoms with E-state index in [-0.39, 0.29) is 6.10 Å². The monoisotopic (exact) mass is 334 g/mol. The summed E-state index contributed by atoms with van der Waals surface area (Å²) in [5.41, 5.74) is 8.13. The number of fused-ring (bicyclic) bond motifs is 3. The molecule has 0 fully saturated rings. The molecule has 2 aliphatic carbocycles. The molecule has 0 radical (unpaired) electrons. The smallest absolute Gasteiger partial charge is 0.128 e. The lowest BCUT2D eigenvalue weighted by Gasteiger charge is -2.18. The molecule has 0 heterocycles. The first kappa shape index (κ1) is 14.1. The zero-order valence-corrected chi connectivity index (χ0v) is 14.4. The van der Waals surface area contributed by atoms with E-state index in [0.29, 0.717) is 0 Å². The van der Waals surface area contributed by atoms with Gasteiger partial charge in [0.1, 0.15) is 11.9 Å². The quantitative estimate of drug-likeness (QED) is 0.380. The van der Waals surface area contributed by atoms with E-state index in [4.69, 9.17) is 4.74 Å². The summed E-state index contributed by atoms with van der Waals surface area (Å²) in [5, 5.41) is 2.70. The fourth-order valence-electron chi connectivity index (χ4n) is 4.69. The van der Waals surface area contributed by atoms with E-state index in [1.807, 2.05) is 0 Å². The third-order valence-corrected chi connectivity index (χ3v) is 5.85. The van der Waals surface area contributed by atoms with Crippen molar-refractivity contribution in [3.63, 3.8) is 0 Å². The Balaban J connectivity index is 1.42. The van der Waals surface area contributed by atoms with Crippen molar-refractivity contribution in [2.24, 2.45) is 0 Å². The highest BCUT2D eigenvalue weighted by molar-refractivity contribution is 5.91. The van der Waals surface area contributed by atoms with Gasteiger partial charge < -0.3 is 4.74 Å². The van der Waals surface area contributed by atoms with Gasteiger partial charge in [0.05, 0.1) is 0 Å². The molecule has 0 aromatic heterocycles. The summed E-state index contributed by atoms with van der Waals surface area (Å²) in [4.78, 5) is 0. The largest absolute Gasteiger partial charge is 0.485 e. The van der Waals surface area contributed by atoms with E-state index in [2.05, 4.69) is 78.9 Å². The summed E-state index contributed by atoms with van der Waals surface area (Å²) in [7, 11) is 0. The van der Waals surface area contributed by atoms with Gasteiger partial charge in [0.15, 0.2) is 0 Å². The van der Waals surface area contributed by atoms with E-state index >= 15 is 0 Å². The van der Waals surface area contributed by atoms with Crippen molar-refractivity contribution in [2.45, 2.75) is 18.9 Å². The summed E-state index contributed by atoms with van der Waals surface area (Å²) >= 11 is 0. The van der Waals surface area contributed by atoms with Crippen LogP contribution in [0.25, 0.3) is 21.9 Å². The zero-order chi connectivity index (χ0) is 17.1. The van der Waals surface area contributed by atoms with Gasteiger partial charge in [-0.2, -0.15) is 0 Å². The van der Waals surface area contributed by atoms with E-state index < -0.39 is 0 Å². The first-order valence-corrected chi connectivity index (χ1v) is 9.26. The van der Waals surface area contributed by atoms with Crippen molar-refractivity contribution >= 4 is 10.8 Å². The minimum atomic E-state index is 0.103. The highest BCUT2D eigenvalue weighted by atomic mass is 16.5. The number of ether oxygens (including phenoxy) is 1. The lowest BCUT2D eigenvalue weighted by atomic mass is 10.0. The normalized spacial score (nSPS) is 16.5. The molecule has 1 nitrogen and oxygen atoms in total. The predicted octanol–water partition coefficient (Wildman–Crippen LogP) is 6.09. The van der Waals surface area contributed by atoms with E-state index in [9.17, 15) is 0 Å². The van der Waals surface area contributed by atoms with Gasteiger partial charge in [-0.3, -0.25) is 0 Å². The van der Waals surface area contributed by atoms with Crippen LogP contribution in [0, 0.1) is 0 Å². The van der Waals surface area contributed by atoms with Gasteiger partial charge in [0.2, 0.25) is 0 Å². The minimum Gasteiger partial charge on any atom is -0.485 e. The van der Waals surface area contributed by atoms with Gasteiger partial charge in [0.25, 0.3) is 0 Å². The fraction of sp³-hybridized carbons (Fsp3) is 0.120. The molecule has 0 amide bonds. The molecule has 4 aromatic carbocycles. The van der Waals surface area contributed by atoms with Crippen LogP contribution in [-0.4, -0.2) is 0 Å². The average molecular weight is 334 g/mol. The number of hydrogen-bond donors (Lipinski definition) is 0. The number of hydrogen-bond acceptors (Lipinski definition) is 1. The molecular weight excluding hydrogens is 316 g/mol. The lowest BCUT2D eigenvalue weighted by molar-refractivity contribution is 0.211. The van der Waals surface area contributed by atoms with Crippen LogP contribution >= 0.6 is 0 Å². The minimum absolute atomic E-state index is 0.103. The molecule has 4 aromatic rings. The van der Waals surface area contributed by atoms with Crippen molar-refractivity contribution in [3.8, 4) is 16.9 Å². The second kappa shape index (κ2) is 5.22. The predicted molar refractivity (Wildman–Crippen MR) is 106 cm³/mol. The SMILES string of the molecule is c1ccc2c(c1)Cc1c(OC3Cc4cccc5cccc3c45)cccc1-2. The van der Waals surface area contributed by atoms with Crippen molar-refractivity contribution < 1.29 is 4.74 Å². The maximum absolute atomic E-state index is 6.62. The third-order valence-electron chi connectivity index (χ3n) is 5.85. The number of rotatable bonds is 2. The molecule has 2 aliphatic rings. The first-order valence-electron chi connectivity index (χ1n) is 9.26. The van der Waals surface area contributed by atoms with E-state index in [1.54, 1.807) is 0 Å². The van der Waals surface area contributed by atoms with E-state index in [0.717, 1.165) is 18.6 Å². The molecule has 0 N–H and O–H groups in total. The first-order chi connectivity index (χ1) is 12.9. The van der Waals surface area contributed by atoms with E-state index in [1.165, 1.54) is 44.2 Å². The van der Waals surface area contributed by atoms with Crippen LogP contribution < -0.4 is 4.74 Å². The van der Waals surface area contributed by atoms with Crippen LogP contribution in [0.2, 0.25) is 0 Å². The van der Waals surface area contributed by atoms with Gasteiger partial charge in [0, 0.05) is 24.0 Å². The molecule has 0 bridgehead atoms. The van der Waals surface area contributed by atoms with Crippen molar-refractivity contribution in [1.29, 1.82) is 0 Å². The van der Waals surface area contributed by atoms with Crippen LogP contribution in [0.1, 0.15) is 28.4 Å². The Labute approximate surface area is 152 Å². The maximum atomic E-state index is 6.62. The maximum Gasteiger partial charge on any atom is 0.128 e. The molecule has 6 rings (SSSR count). The molecule has 1 unspecified atom stereocenters. The van der Waals surface area contributed by atoms with Crippen molar-refractivity contribution in [2.75, 3.05) is 0 Å². The Morgan fingerprint density at radius 2 is 1.46 bits per heavy atom. The van der Waals surface area contributed by atoms with Crippen LogP contribution in [0.5, 0.6) is 5.75 Å². The summed E-state index contributed by atoms with van der Waals surface area (Å²) < 4.78 is 6.62. The summed E-state index contributed by atoms with van der Waals surface area (Å²) in [6.45, 7) is 0. The molecule has 0 saturated carbocycles. The third kappa shape index (κ3) is 1.91. The molecule has 0 spiro atoms.